The molecule has 0 saturated carbocycles. The van der Waals surface area contributed by atoms with E-state index in [1.54, 1.807) is 12.1 Å². The quantitative estimate of drug-likeness (QED) is 0.644. The minimum atomic E-state index is -0.641. The molecule has 0 amide bonds. The van der Waals surface area contributed by atoms with Gasteiger partial charge in [0.15, 0.2) is 0 Å². The number of halogens is 1. The summed E-state index contributed by atoms with van der Waals surface area (Å²) >= 11 is 0. The lowest BCUT2D eigenvalue weighted by Gasteiger charge is -2.09. The van der Waals surface area contributed by atoms with Crippen LogP contribution in [-0.2, 0) is 16.0 Å². The number of carbonyl (C=O) groups excluding carboxylic acids is 1. The second-order valence-electron chi connectivity index (χ2n) is 3.47. The predicted octanol–water partition coefficient (Wildman–Crippen LogP) is 1.16. The van der Waals surface area contributed by atoms with E-state index in [2.05, 4.69) is 10.7 Å². The third kappa shape index (κ3) is 5.09. The number of ether oxygens (including phenoxy) is 2. The molecule has 0 aliphatic heterocycles. The first-order chi connectivity index (χ1) is 8.17. The number of benzene rings is 1. The Morgan fingerprint density at radius 1 is 1.44 bits per heavy atom. The molecular weight excluding hydrogens is 254 g/mol. The van der Waals surface area contributed by atoms with Crippen LogP contribution >= 0.6 is 12.4 Å². The van der Waals surface area contributed by atoms with Crippen LogP contribution in [0.4, 0.5) is 0 Å². The van der Waals surface area contributed by atoms with Gasteiger partial charge in [-0.05, 0) is 24.1 Å². The first kappa shape index (κ1) is 16.3. The van der Waals surface area contributed by atoms with Crippen LogP contribution in [-0.4, -0.2) is 25.7 Å². The number of terminal acetylenes is 1. The molecule has 1 aromatic carbocycles. The Kier molecular flexibility index (Phi) is 7.61. The Morgan fingerprint density at radius 2 is 2.06 bits per heavy atom. The summed E-state index contributed by atoms with van der Waals surface area (Å²) in [7, 11) is 1.32. The average Bonchev–Trinajstić information content (AvgIpc) is 2.37. The van der Waals surface area contributed by atoms with Crippen LogP contribution in [0.15, 0.2) is 24.3 Å². The molecule has 0 unspecified atom stereocenters. The van der Waals surface area contributed by atoms with Gasteiger partial charge in [0.2, 0.25) is 0 Å². The second-order valence-corrected chi connectivity index (χ2v) is 3.47. The van der Waals surface area contributed by atoms with E-state index >= 15 is 0 Å². The summed E-state index contributed by atoms with van der Waals surface area (Å²) in [6, 6.07) is 6.62. The van der Waals surface area contributed by atoms with Gasteiger partial charge in [0, 0.05) is 0 Å². The van der Waals surface area contributed by atoms with Gasteiger partial charge in [0.1, 0.15) is 18.4 Å². The third-order valence-electron chi connectivity index (χ3n) is 2.21. The summed E-state index contributed by atoms with van der Waals surface area (Å²) in [4.78, 5) is 11.1. The zero-order valence-corrected chi connectivity index (χ0v) is 10.9. The summed E-state index contributed by atoms with van der Waals surface area (Å²) < 4.78 is 9.78. The summed E-state index contributed by atoms with van der Waals surface area (Å²) in [6.07, 6.45) is 5.51. The van der Waals surface area contributed by atoms with Gasteiger partial charge in [-0.2, -0.15) is 0 Å². The fourth-order valence-electron chi connectivity index (χ4n) is 1.34. The minimum Gasteiger partial charge on any atom is -0.481 e. The molecule has 5 heteroatoms. The van der Waals surface area contributed by atoms with Crippen molar-refractivity contribution in [3.63, 3.8) is 0 Å². The molecule has 0 bridgehead atoms. The molecule has 0 fully saturated rings. The molecule has 0 aliphatic carbocycles. The van der Waals surface area contributed by atoms with Crippen molar-refractivity contribution in [1.82, 2.24) is 0 Å². The third-order valence-corrected chi connectivity index (χ3v) is 2.21. The van der Waals surface area contributed by atoms with E-state index in [0.29, 0.717) is 12.2 Å². The van der Waals surface area contributed by atoms with E-state index < -0.39 is 12.0 Å². The van der Waals surface area contributed by atoms with E-state index in [0.717, 1.165) is 5.56 Å². The summed E-state index contributed by atoms with van der Waals surface area (Å²) in [5.74, 6) is 2.66. The standard InChI is InChI=1S/C13H15NO3.ClH/c1-3-8-17-11-6-4-10(5-7-11)9-12(14)13(15)16-2;/h1,4-7,12H,8-9,14H2,2H3;1H/t12-;/m1./s1. The lowest BCUT2D eigenvalue weighted by atomic mass is 10.1. The normalized spacial score (nSPS) is 10.7. The van der Waals surface area contributed by atoms with Crippen molar-refractivity contribution in [2.45, 2.75) is 12.5 Å². The number of hydrogen-bond acceptors (Lipinski definition) is 4. The monoisotopic (exact) mass is 269 g/mol. The molecule has 4 nitrogen and oxygen atoms in total. The van der Waals surface area contributed by atoms with Crippen LogP contribution in [0.3, 0.4) is 0 Å². The molecule has 0 aliphatic rings. The topological polar surface area (TPSA) is 61.5 Å². The fraction of sp³-hybridized carbons (Fsp3) is 0.308. The lowest BCUT2D eigenvalue weighted by Crippen LogP contribution is -2.33. The SMILES string of the molecule is C#CCOc1ccc(C[C@@H](N)C(=O)OC)cc1.Cl. The summed E-state index contributed by atoms with van der Waals surface area (Å²) in [5.41, 5.74) is 6.59. The number of nitrogens with two attached hydrogens (primary N) is 1. The molecule has 2 N–H and O–H groups in total. The van der Waals surface area contributed by atoms with Gasteiger partial charge in [-0.3, -0.25) is 4.79 Å². The number of esters is 1. The van der Waals surface area contributed by atoms with Crippen molar-refractivity contribution < 1.29 is 14.3 Å². The molecule has 0 heterocycles. The van der Waals surface area contributed by atoms with Crippen molar-refractivity contribution in [3.05, 3.63) is 29.8 Å². The van der Waals surface area contributed by atoms with Crippen molar-refractivity contribution >= 4 is 18.4 Å². The number of hydrogen-bond donors (Lipinski definition) is 1. The van der Waals surface area contributed by atoms with Crippen LogP contribution in [0.1, 0.15) is 5.56 Å². The first-order valence-corrected chi connectivity index (χ1v) is 5.16. The lowest BCUT2D eigenvalue weighted by molar-refractivity contribution is -0.142. The Hall–Kier alpha value is -1.70. The molecule has 18 heavy (non-hydrogen) atoms. The maximum Gasteiger partial charge on any atom is 0.322 e. The van der Waals surface area contributed by atoms with E-state index in [4.69, 9.17) is 16.9 Å². The summed E-state index contributed by atoms with van der Waals surface area (Å²) in [6.45, 7) is 0.237. The highest BCUT2D eigenvalue weighted by Crippen LogP contribution is 2.13. The van der Waals surface area contributed by atoms with Crippen LogP contribution in [0.2, 0.25) is 0 Å². The van der Waals surface area contributed by atoms with Crippen LogP contribution in [0.25, 0.3) is 0 Å². The number of methoxy groups -OCH3 is 1. The Labute approximate surface area is 113 Å². The van der Waals surface area contributed by atoms with E-state index in [9.17, 15) is 4.79 Å². The van der Waals surface area contributed by atoms with Gasteiger partial charge in [-0.25, -0.2) is 0 Å². The summed E-state index contributed by atoms with van der Waals surface area (Å²) in [5, 5.41) is 0. The van der Waals surface area contributed by atoms with E-state index in [1.165, 1.54) is 7.11 Å². The minimum absolute atomic E-state index is 0. The highest BCUT2D eigenvalue weighted by molar-refractivity contribution is 5.85. The van der Waals surface area contributed by atoms with Crippen molar-refractivity contribution in [1.29, 1.82) is 0 Å². The van der Waals surface area contributed by atoms with Gasteiger partial charge in [0.05, 0.1) is 7.11 Å². The highest BCUT2D eigenvalue weighted by Gasteiger charge is 2.13. The van der Waals surface area contributed by atoms with Crippen molar-refractivity contribution in [3.8, 4) is 18.1 Å². The van der Waals surface area contributed by atoms with Crippen molar-refractivity contribution in [2.75, 3.05) is 13.7 Å². The van der Waals surface area contributed by atoms with E-state index in [1.807, 2.05) is 12.1 Å². The van der Waals surface area contributed by atoms with Crippen LogP contribution in [0, 0.1) is 12.3 Å². The molecule has 0 radical (unpaired) electrons. The van der Waals surface area contributed by atoms with Crippen LogP contribution < -0.4 is 10.5 Å². The zero-order chi connectivity index (χ0) is 12.7. The fourth-order valence-corrected chi connectivity index (χ4v) is 1.34. The molecular formula is C13H16ClNO3. The average molecular weight is 270 g/mol. The number of carbonyl (C=O) groups is 1. The van der Waals surface area contributed by atoms with Gasteiger partial charge in [0.25, 0.3) is 0 Å². The molecule has 1 aromatic rings. The number of rotatable bonds is 5. The maximum atomic E-state index is 11.1. The molecule has 0 saturated heterocycles. The molecule has 1 atom stereocenters. The maximum absolute atomic E-state index is 11.1. The smallest absolute Gasteiger partial charge is 0.322 e. The van der Waals surface area contributed by atoms with E-state index in [-0.39, 0.29) is 19.0 Å². The predicted molar refractivity (Wildman–Crippen MR) is 71.7 cm³/mol. The molecule has 98 valence electrons. The Bertz CT molecular complexity index is 411. The largest absolute Gasteiger partial charge is 0.481 e. The van der Waals surface area contributed by atoms with Crippen molar-refractivity contribution in [2.24, 2.45) is 5.73 Å². The van der Waals surface area contributed by atoms with Gasteiger partial charge >= 0.3 is 5.97 Å². The highest BCUT2D eigenvalue weighted by atomic mass is 35.5. The molecule has 0 spiro atoms. The Balaban J connectivity index is 0.00000289. The van der Waals surface area contributed by atoms with Gasteiger partial charge < -0.3 is 15.2 Å². The first-order valence-electron chi connectivity index (χ1n) is 5.16. The molecule has 1 rings (SSSR count). The zero-order valence-electron chi connectivity index (χ0n) is 10.1. The van der Waals surface area contributed by atoms with Gasteiger partial charge in [-0.1, -0.05) is 18.1 Å². The second kappa shape index (κ2) is 8.40. The van der Waals surface area contributed by atoms with Gasteiger partial charge in [-0.15, -0.1) is 18.8 Å². The Morgan fingerprint density at radius 3 is 2.56 bits per heavy atom. The molecule has 0 aromatic heterocycles. The van der Waals surface area contributed by atoms with Crippen LogP contribution in [0.5, 0.6) is 5.75 Å².